The van der Waals surface area contributed by atoms with Crippen molar-refractivity contribution in [1.82, 2.24) is 5.01 Å². The quantitative estimate of drug-likeness (QED) is 0.605. The van der Waals surface area contributed by atoms with Gasteiger partial charge in [-0.15, -0.1) is 0 Å². The van der Waals surface area contributed by atoms with E-state index in [4.69, 9.17) is 4.74 Å². The van der Waals surface area contributed by atoms with E-state index in [1.165, 1.54) is 13.2 Å². The molecule has 0 spiro atoms. The van der Waals surface area contributed by atoms with E-state index in [9.17, 15) is 9.59 Å². The molecule has 1 heterocycles. The Kier molecular flexibility index (Phi) is 4.81. The van der Waals surface area contributed by atoms with Crippen LogP contribution in [0.3, 0.4) is 0 Å². The third kappa shape index (κ3) is 3.53. The van der Waals surface area contributed by atoms with Gasteiger partial charge in [0.25, 0.3) is 0 Å². The Balaban J connectivity index is 2.12. The molecule has 0 N–H and O–H groups in total. The topological polar surface area (TPSA) is 59.1 Å². The Labute approximate surface area is 123 Å². The third-order valence-electron chi connectivity index (χ3n) is 3.20. The molecule has 1 saturated heterocycles. The number of hydrazine groups is 1. The number of carbonyl (C=O) groups is 2. The van der Waals surface area contributed by atoms with Crippen LogP contribution in [0.25, 0.3) is 0 Å². The Morgan fingerprint density at radius 3 is 2.90 bits per heavy atom. The monoisotopic (exact) mass is 290 g/mol. The maximum Gasteiger partial charge on any atom is 0.330 e. The largest absolute Gasteiger partial charge is 0.497 e. The van der Waals surface area contributed by atoms with Gasteiger partial charge >= 0.3 is 5.97 Å². The van der Waals surface area contributed by atoms with Gasteiger partial charge in [-0.25, -0.2) is 9.80 Å². The molecule has 0 aromatic heterocycles. The molecule has 112 valence electrons. The summed E-state index contributed by atoms with van der Waals surface area (Å²) in [7, 11) is 2.92. The second-order valence-electron chi connectivity index (χ2n) is 4.48. The Morgan fingerprint density at radius 2 is 2.19 bits per heavy atom. The maximum atomic E-state index is 12.0. The van der Waals surface area contributed by atoms with Crippen LogP contribution in [-0.2, 0) is 14.3 Å². The highest BCUT2D eigenvalue weighted by molar-refractivity contribution is 5.83. The lowest BCUT2D eigenvalue weighted by Crippen LogP contribution is -2.39. The van der Waals surface area contributed by atoms with Crippen LogP contribution < -0.4 is 9.75 Å². The Morgan fingerprint density at radius 1 is 1.38 bits per heavy atom. The van der Waals surface area contributed by atoms with E-state index in [-0.39, 0.29) is 5.91 Å². The van der Waals surface area contributed by atoms with Crippen molar-refractivity contribution in [2.45, 2.75) is 6.42 Å². The molecule has 21 heavy (non-hydrogen) atoms. The number of carbonyl (C=O) groups excluding carboxylic acids is 2. The number of esters is 1. The summed E-state index contributed by atoms with van der Waals surface area (Å²) in [6.45, 7) is 0.934. The van der Waals surface area contributed by atoms with Gasteiger partial charge in [-0.3, -0.25) is 9.80 Å². The number of ether oxygens (including phenoxy) is 2. The van der Waals surface area contributed by atoms with Crippen LogP contribution in [0.4, 0.5) is 5.69 Å². The van der Waals surface area contributed by atoms with Crippen LogP contribution in [0.15, 0.2) is 36.4 Å². The summed E-state index contributed by atoms with van der Waals surface area (Å²) in [4.78, 5) is 23.0. The molecule has 1 aromatic carbocycles. The van der Waals surface area contributed by atoms with E-state index in [0.717, 1.165) is 11.4 Å². The van der Waals surface area contributed by atoms with E-state index < -0.39 is 5.97 Å². The SMILES string of the molecule is COC(=O)/C=C\CN1C(=O)CCN1c1cccc(OC)c1. The lowest BCUT2D eigenvalue weighted by molar-refractivity contribution is -0.135. The molecule has 0 saturated carbocycles. The molecular weight excluding hydrogens is 272 g/mol. The number of hydrogen-bond acceptors (Lipinski definition) is 5. The first kappa shape index (κ1) is 14.9. The highest BCUT2D eigenvalue weighted by atomic mass is 16.5. The second kappa shape index (κ2) is 6.78. The molecule has 0 bridgehead atoms. The van der Waals surface area contributed by atoms with Gasteiger partial charge in [0.2, 0.25) is 5.91 Å². The lowest BCUT2D eigenvalue weighted by Gasteiger charge is -2.29. The van der Waals surface area contributed by atoms with Crippen molar-refractivity contribution in [1.29, 1.82) is 0 Å². The molecule has 0 atom stereocenters. The normalized spacial score (nSPS) is 14.9. The summed E-state index contributed by atoms with van der Waals surface area (Å²) in [5.41, 5.74) is 0.881. The van der Waals surface area contributed by atoms with E-state index in [0.29, 0.717) is 19.5 Å². The number of hydrogen-bond donors (Lipinski definition) is 0. The van der Waals surface area contributed by atoms with Gasteiger partial charge in [-0.1, -0.05) is 12.1 Å². The van der Waals surface area contributed by atoms with Crippen LogP contribution in [0.2, 0.25) is 0 Å². The van der Waals surface area contributed by atoms with Gasteiger partial charge in [0.1, 0.15) is 5.75 Å². The summed E-state index contributed by atoms with van der Waals surface area (Å²) in [5.74, 6) is 0.318. The number of anilines is 1. The van der Waals surface area contributed by atoms with Crippen molar-refractivity contribution >= 4 is 17.6 Å². The molecule has 1 aliphatic heterocycles. The zero-order chi connectivity index (χ0) is 15.2. The van der Waals surface area contributed by atoms with Crippen molar-refractivity contribution in [2.75, 3.05) is 32.3 Å². The molecule has 2 rings (SSSR count). The van der Waals surface area contributed by atoms with Crippen molar-refractivity contribution in [3.63, 3.8) is 0 Å². The second-order valence-corrected chi connectivity index (χ2v) is 4.48. The average Bonchev–Trinajstić information content (AvgIpc) is 2.88. The van der Waals surface area contributed by atoms with Crippen LogP contribution >= 0.6 is 0 Å². The molecule has 1 aromatic rings. The highest BCUT2D eigenvalue weighted by Crippen LogP contribution is 2.26. The molecule has 1 fully saturated rings. The highest BCUT2D eigenvalue weighted by Gasteiger charge is 2.28. The predicted molar refractivity (Wildman–Crippen MR) is 77.8 cm³/mol. The van der Waals surface area contributed by atoms with Gasteiger partial charge in [0.15, 0.2) is 0 Å². The Bertz CT molecular complexity index is 556. The van der Waals surface area contributed by atoms with Crippen LogP contribution in [0, 0.1) is 0 Å². The van der Waals surface area contributed by atoms with Crippen LogP contribution in [0.5, 0.6) is 5.75 Å². The summed E-state index contributed by atoms with van der Waals surface area (Å²) in [6.07, 6.45) is 3.38. The van der Waals surface area contributed by atoms with Gasteiger partial charge < -0.3 is 9.47 Å². The standard InChI is InChI=1S/C15H18N2O4/c1-20-13-6-3-5-12(11-13)16-10-8-14(18)17(16)9-4-7-15(19)21-2/h3-7,11H,8-10H2,1-2H3/b7-4-. The summed E-state index contributed by atoms with van der Waals surface area (Å²) < 4.78 is 9.72. The van der Waals surface area contributed by atoms with Gasteiger partial charge in [-0.05, 0) is 12.1 Å². The number of methoxy groups -OCH3 is 2. The zero-order valence-corrected chi connectivity index (χ0v) is 12.1. The van der Waals surface area contributed by atoms with Gasteiger partial charge in [-0.2, -0.15) is 0 Å². The summed E-state index contributed by atoms with van der Waals surface area (Å²) in [5, 5.41) is 3.49. The van der Waals surface area contributed by atoms with E-state index in [1.807, 2.05) is 29.3 Å². The van der Waals surface area contributed by atoms with E-state index in [1.54, 1.807) is 18.2 Å². The first-order valence-electron chi connectivity index (χ1n) is 6.62. The summed E-state index contributed by atoms with van der Waals surface area (Å²) >= 11 is 0. The molecule has 1 amide bonds. The first-order valence-corrected chi connectivity index (χ1v) is 6.62. The van der Waals surface area contributed by atoms with Crippen molar-refractivity contribution in [2.24, 2.45) is 0 Å². The van der Waals surface area contributed by atoms with Crippen molar-refractivity contribution in [3.8, 4) is 5.75 Å². The Hall–Kier alpha value is -2.50. The van der Waals surface area contributed by atoms with Crippen molar-refractivity contribution in [3.05, 3.63) is 36.4 Å². The number of benzene rings is 1. The predicted octanol–water partition coefficient (Wildman–Crippen LogP) is 1.38. The molecule has 0 unspecified atom stereocenters. The third-order valence-corrected chi connectivity index (χ3v) is 3.20. The smallest absolute Gasteiger partial charge is 0.330 e. The van der Waals surface area contributed by atoms with Gasteiger partial charge in [0.05, 0.1) is 26.5 Å². The first-order chi connectivity index (χ1) is 10.2. The molecule has 6 nitrogen and oxygen atoms in total. The maximum absolute atomic E-state index is 12.0. The fourth-order valence-electron chi connectivity index (χ4n) is 2.14. The summed E-state index contributed by atoms with van der Waals surface area (Å²) in [6, 6.07) is 7.51. The minimum Gasteiger partial charge on any atom is -0.497 e. The molecule has 6 heteroatoms. The van der Waals surface area contributed by atoms with Gasteiger partial charge in [0, 0.05) is 25.1 Å². The fourth-order valence-corrected chi connectivity index (χ4v) is 2.14. The number of amides is 1. The molecule has 0 aliphatic carbocycles. The zero-order valence-electron chi connectivity index (χ0n) is 12.1. The number of rotatable bonds is 5. The van der Waals surface area contributed by atoms with E-state index >= 15 is 0 Å². The minimum atomic E-state index is -0.436. The van der Waals surface area contributed by atoms with Crippen LogP contribution in [0.1, 0.15) is 6.42 Å². The van der Waals surface area contributed by atoms with Crippen molar-refractivity contribution < 1.29 is 19.1 Å². The molecule has 1 aliphatic rings. The number of nitrogens with zero attached hydrogens (tertiary/aromatic N) is 2. The van der Waals surface area contributed by atoms with E-state index in [2.05, 4.69) is 4.74 Å². The van der Waals surface area contributed by atoms with Crippen LogP contribution in [-0.4, -0.2) is 44.2 Å². The minimum absolute atomic E-state index is 0.0207. The fraction of sp³-hybridized carbons (Fsp3) is 0.333. The lowest BCUT2D eigenvalue weighted by atomic mass is 10.3. The average molecular weight is 290 g/mol. The molecule has 0 radical (unpaired) electrons. The molecular formula is C15H18N2O4.